The Balaban J connectivity index is 2.74. The molecule has 0 saturated heterocycles. The van der Waals surface area contributed by atoms with E-state index >= 15 is 0 Å². The number of nitrogens with zero attached hydrogens (tertiary/aromatic N) is 2. The number of aromatic nitrogens is 2. The van der Waals surface area contributed by atoms with Crippen molar-refractivity contribution < 1.29 is 15.0 Å². The molecule has 1 heterocycles. The highest BCUT2D eigenvalue weighted by Crippen LogP contribution is 2.26. The molecule has 0 aliphatic heterocycles. The quantitative estimate of drug-likeness (QED) is 0.767. The molecule has 0 spiro atoms. The van der Waals surface area contributed by atoms with Gasteiger partial charge in [-0.1, -0.05) is 19.8 Å². The summed E-state index contributed by atoms with van der Waals surface area (Å²) in [5.74, 6) is -1.70. The normalized spacial score (nSPS) is 14.7. The molecule has 0 amide bonds. The number of hydrogen-bond donors (Lipinski definition) is 2. The second kappa shape index (κ2) is 5.65. The van der Waals surface area contributed by atoms with Gasteiger partial charge in [0.05, 0.1) is 18.2 Å². The average Bonchev–Trinajstić information content (AvgIpc) is 2.64. The Labute approximate surface area is 94.7 Å². The largest absolute Gasteiger partial charge is 0.481 e. The van der Waals surface area contributed by atoms with E-state index in [1.807, 2.05) is 6.92 Å². The number of aliphatic hydroxyl groups excluding tert-OH is 1. The molecule has 0 bridgehead atoms. The average molecular weight is 226 g/mol. The monoisotopic (exact) mass is 226 g/mol. The van der Waals surface area contributed by atoms with E-state index in [-0.39, 0.29) is 0 Å². The van der Waals surface area contributed by atoms with Crippen molar-refractivity contribution in [1.82, 2.24) is 9.78 Å². The van der Waals surface area contributed by atoms with Crippen LogP contribution in [0.4, 0.5) is 0 Å². The summed E-state index contributed by atoms with van der Waals surface area (Å²) in [6.45, 7) is 2.00. The van der Waals surface area contributed by atoms with Gasteiger partial charge in [0.1, 0.15) is 0 Å². The molecule has 90 valence electrons. The van der Waals surface area contributed by atoms with E-state index in [9.17, 15) is 9.90 Å². The fourth-order valence-electron chi connectivity index (χ4n) is 1.67. The van der Waals surface area contributed by atoms with Crippen molar-refractivity contribution in [3.8, 4) is 0 Å². The zero-order valence-electron chi connectivity index (χ0n) is 9.63. The predicted octanol–water partition coefficient (Wildman–Crippen LogP) is 1.34. The van der Waals surface area contributed by atoms with Crippen LogP contribution in [0.3, 0.4) is 0 Å². The van der Waals surface area contributed by atoms with Gasteiger partial charge in [-0.3, -0.25) is 9.48 Å². The van der Waals surface area contributed by atoms with Crippen LogP contribution in [0.2, 0.25) is 0 Å². The van der Waals surface area contributed by atoms with Gasteiger partial charge in [-0.2, -0.15) is 5.10 Å². The molecule has 1 rings (SSSR count). The van der Waals surface area contributed by atoms with E-state index in [2.05, 4.69) is 5.10 Å². The molecule has 0 aromatic carbocycles. The van der Waals surface area contributed by atoms with Crippen LogP contribution in [-0.4, -0.2) is 26.0 Å². The molecule has 2 N–H and O–H groups in total. The number of aliphatic carboxylic acids is 1. The summed E-state index contributed by atoms with van der Waals surface area (Å²) in [7, 11) is 1.73. The fourth-order valence-corrected chi connectivity index (χ4v) is 1.67. The molecule has 16 heavy (non-hydrogen) atoms. The minimum absolute atomic E-state index is 0.488. The number of rotatable bonds is 6. The molecule has 0 radical (unpaired) electrons. The van der Waals surface area contributed by atoms with E-state index in [1.165, 1.54) is 6.20 Å². The van der Waals surface area contributed by atoms with Crippen LogP contribution in [-0.2, 0) is 11.8 Å². The van der Waals surface area contributed by atoms with Crippen molar-refractivity contribution in [2.24, 2.45) is 13.0 Å². The molecule has 1 aromatic heterocycles. The van der Waals surface area contributed by atoms with Gasteiger partial charge in [0.15, 0.2) is 0 Å². The molecule has 5 heteroatoms. The highest BCUT2D eigenvalue weighted by Gasteiger charge is 2.27. The standard InChI is InChI=1S/C11H18N2O3/c1-3-4-5-9(11(15)16)10(14)8-6-12-13(2)7-8/h6-7,9-10,14H,3-5H2,1-2H3,(H,15,16). The zero-order valence-corrected chi connectivity index (χ0v) is 9.63. The van der Waals surface area contributed by atoms with Gasteiger partial charge in [0.25, 0.3) is 0 Å². The van der Waals surface area contributed by atoms with Crippen LogP contribution in [0.25, 0.3) is 0 Å². The van der Waals surface area contributed by atoms with Crippen LogP contribution in [0.15, 0.2) is 12.4 Å². The minimum Gasteiger partial charge on any atom is -0.481 e. The summed E-state index contributed by atoms with van der Waals surface area (Å²) in [6, 6.07) is 0. The lowest BCUT2D eigenvalue weighted by atomic mass is 9.93. The molecular weight excluding hydrogens is 208 g/mol. The first-order chi connectivity index (χ1) is 7.56. The first kappa shape index (κ1) is 12.7. The Bertz CT molecular complexity index is 349. The molecule has 0 saturated carbocycles. The summed E-state index contributed by atoms with van der Waals surface area (Å²) in [4.78, 5) is 11.0. The van der Waals surface area contributed by atoms with Crippen LogP contribution >= 0.6 is 0 Å². The maximum absolute atomic E-state index is 11.0. The van der Waals surface area contributed by atoms with Crippen LogP contribution < -0.4 is 0 Å². The van der Waals surface area contributed by atoms with Crippen molar-refractivity contribution in [3.63, 3.8) is 0 Å². The van der Waals surface area contributed by atoms with E-state index in [1.54, 1.807) is 17.9 Å². The van der Waals surface area contributed by atoms with Crippen LogP contribution in [0, 0.1) is 5.92 Å². The van der Waals surface area contributed by atoms with Gasteiger partial charge in [0.2, 0.25) is 0 Å². The van der Waals surface area contributed by atoms with Gasteiger partial charge < -0.3 is 10.2 Å². The van der Waals surface area contributed by atoms with Crippen molar-refractivity contribution in [2.75, 3.05) is 0 Å². The number of aliphatic hydroxyl groups is 1. The third-order valence-electron chi connectivity index (χ3n) is 2.63. The number of carboxylic acid groups (broad SMARTS) is 1. The van der Waals surface area contributed by atoms with Crippen LogP contribution in [0.1, 0.15) is 37.9 Å². The SMILES string of the molecule is CCCCC(C(=O)O)C(O)c1cnn(C)c1. The second-order valence-electron chi connectivity index (χ2n) is 3.98. The molecule has 2 atom stereocenters. The Kier molecular flexibility index (Phi) is 4.49. The fraction of sp³-hybridized carbons (Fsp3) is 0.636. The molecule has 0 aliphatic rings. The van der Waals surface area contributed by atoms with Gasteiger partial charge in [-0.15, -0.1) is 0 Å². The topological polar surface area (TPSA) is 75.3 Å². The number of unbranched alkanes of at least 4 members (excludes halogenated alkanes) is 1. The number of aryl methyl sites for hydroxylation is 1. The number of hydrogen-bond acceptors (Lipinski definition) is 3. The lowest BCUT2D eigenvalue weighted by molar-refractivity contribution is -0.146. The summed E-state index contributed by atoms with van der Waals surface area (Å²) in [5, 5.41) is 22.9. The Morgan fingerprint density at radius 1 is 1.62 bits per heavy atom. The molecular formula is C11H18N2O3. The maximum atomic E-state index is 11.0. The Morgan fingerprint density at radius 2 is 2.31 bits per heavy atom. The third-order valence-corrected chi connectivity index (χ3v) is 2.63. The van der Waals surface area contributed by atoms with Crippen molar-refractivity contribution in [3.05, 3.63) is 18.0 Å². The van der Waals surface area contributed by atoms with Gasteiger partial charge in [-0.05, 0) is 6.42 Å². The first-order valence-electron chi connectivity index (χ1n) is 5.45. The molecule has 0 fully saturated rings. The van der Waals surface area contributed by atoms with Gasteiger partial charge >= 0.3 is 5.97 Å². The predicted molar refractivity (Wildman–Crippen MR) is 58.8 cm³/mol. The molecule has 1 aromatic rings. The van der Waals surface area contributed by atoms with E-state index in [4.69, 9.17) is 5.11 Å². The smallest absolute Gasteiger partial charge is 0.309 e. The summed E-state index contributed by atoms with van der Waals surface area (Å²) < 4.78 is 1.55. The van der Waals surface area contributed by atoms with Gasteiger partial charge in [0, 0.05) is 18.8 Å². The first-order valence-corrected chi connectivity index (χ1v) is 5.45. The summed E-state index contributed by atoms with van der Waals surface area (Å²) in [6.07, 6.45) is 4.39. The zero-order chi connectivity index (χ0) is 12.1. The maximum Gasteiger partial charge on any atom is 0.309 e. The van der Waals surface area contributed by atoms with Crippen LogP contribution in [0.5, 0.6) is 0 Å². The van der Waals surface area contributed by atoms with Crippen molar-refractivity contribution in [1.29, 1.82) is 0 Å². The van der Waals surface area contributed by atoms with Crippen molar-refractivity contribution >= 4 is 5.97 Å². The number of carbonyl (C=O) groups is 1. The molecule has 5 nitrogen and oxygen atoms in total. The highest BCUT2D eigenvalue weighted by atomic mass is 16.4. The number of carboxylic acids is 1. The summed E-state index contributed by atoms with van der Waals surface area (Å²) in [5.41, 5.74) is 0.561. The second-order valence-corrected chi connectivity index (χ2v) is 3.98. The lowest BCUT2D eigenvalue weighted by Crippen LogP contribution is -2.21. The summed E-state index contributed by atoms with van der Waals surface area (Å²) >= 11 is 0. The minimum atomic E-state index is -0.974. The van der Waals surface area contributed by atoms with E-state index in [0.717, 1.165) is 12.8 Å². The molecule has 0 aliphatic carbocycles. The Morgan fingerprint density at radius 3 is 2.75 bits per heavy atom. The van der Waals surface area contributed by atoms with E-state index in [0.29, 0.717) is 12.0 Å². The lowest BCUT2D eigenvalue weighted by Gasteiger charge is -2.17. The van der Waals surface area contributed by atoms with E-state index < -0.39 is 18.0 Å². The Hall–Kier alpha value is -1.36. The van der Waals surface area contributed by atoms with Crippen molar-refractivity contribution in [2.45, 2.75) is 32.3 Å². The third kappa shape index (κ3) is 3.06. The highest BCUT2D eigenvalue weighted by molar-refractivity contribution is 5.71. The molecule has 2 unspecified atom stereocenters. The van der Waals surface area contributed by atoms with Gasteiger partial charge in [-0.25, -0.2) is 0 Å².